The molecule has 7 aliphatic rings. The second-order valence-corrected chi connectivity index (χ2v) is 6.74. The summed E-state index contributed by atoms with van der Waals surface area (Å²) in [5.74, 6) is 0. The number of rotatable bonds is 0. The molecule has 0 amide bonds. The molecule has 7 heterocycles. The summed E-state index contributed by atoms with van der Waals surface area (Å²) in [5.41, 5.74) is -1.07. The largest absolute Gasteiger partial charge is 0.577 e. The number of quaternary nitrogens is 1. The predicted molar refractivity (Wildman–Crippen MR) is 61.1 cm³/mol. The number of nitrogens with zero attached hydrogens (tertiary/aromatic N) is 3. The lowest BCUT2D eigenvalue weighted by Gasteiger charge is -2.83. The zero-order chi connectivity index (χ0) is 12.6. The first-order chi connectivity index (χ1) is 8.30. The van der Waals surface area contributed by atoms with E-state index in [1.165, 1.54) is 4.90 Å². The van der Waals surface area contributed by atoms with E-state index in [4.69, 9.17) is 14.3 Å². The van der Waals surface area contributed by atoms with E-state index in [2.05, 4.69) is 20.8 Å². The lowest BCUT2D eigenvalue weighted by molar-refractivity contribution is -0.970. The molecule has 0 radical (unpaired) electrons. The molecule has 0 unspecified atom stereocenters. The first kappa shape index (κ1) is 12.4. The zero-order valence-corrected chi connectivity index (χ0v) is 11.2. The van der Waals surface area contributed by atoms with Crippen LogP contribution < -0.4 is 4.90 Å². The van der Waals surface area contributed by atoms with Crippen molar-refractivity contribution in [3.63, 3.8) is 0 Å². The first-order valence-corrected chi connectivity index (χ1v) is 6.48. The Hall–Kier alpha value is -0.295. The van der Waals surface area contributed by atoms with Gasteiger partial charge in [-0.2, -0.15) is 15.2 Å². The van der Waals surface area contributed by atoms with Crippen molar-refractivity contribution in [3.05, 3.63) is 0 Å². The Bertz CT molecular complexity index is 401. The van der Waals surface area contributed by atoms with Crippen LogP contribution in [-0.2, 0) is 14.3 Å². The zero-order valence-electron chi connectivity index (χ0n) is 11.2. The third-order valence-electron chi connectivity index (χ3n) is 5.10. The van der Waals surface area contributed by atoms with Gasteiger partial charge in [-0.05, 0) is 20.8 Å². The van der Waals surface area contributed by atoms with Gasteiger partial charge in [-0.25, -0.2) is 0 Å². The Labute approximate surface area is 110 Å². The monoisotopic (exact) mass is 274 g/mol. The Morgan fingerprint density at radius 2 is 1.21 bits per heavy atom. The highest BCUT2D eigenvalue weighted by Crippen LogP contribution is 2.55. The van der Waals surface area contributed by atoms with Crippen molar-refractivity contribution >= 4 is 6.96 Å². The van der Waals surface area contributed by atoms with Crippen LogP contribution in [0.25, 0.3) is 0 Å². The van der Waals surface area contributed by atoms with Gasteiger partial charge in [0.1, 0.15) is 19.6 Å². The molecule has 0 saturated carbocycles. The van der Waals surface area contributed by atoms with Gasteiger partial charge in [0.05, 0.1) is 0 Å². The fraction of sp³-hybridized carbons (Fsp3) is 1.00. The Morgan fingerprint density at radius 1 is 0.895 bits per heavy atom. The van der Waals surface area contributed by atoms with Crippen LogP contribution in [0, 0.1) is 0 Å². The second-order valence-electron chi connectivity index (χ2n) is 6.74. The SMILES string of the molecule is CC12C[NH+]3CC4(C)N1O[B-]1(O)ON2C(C)(C3)N4O1.O. The highest BCUT2D eigenvalue weighted by molar-refractivity contribution is 6.52. The lowest BCUT2D eigenvalue weighted by atomic mass is 9.82. The maximum atomic E-state index is 10.2. The van der Waals surface area contributed by atoms with Crippen molar-refractivity contribution in [2.75, 3.05) is 19.6 Å². The fourth-order valence-electron chi connectivity index (χ4n) is 4.98. The van der Waals surface area contributed by atoms with Gasteiger partial charge in [-0.15, -0.1) is 0 Å². The van der Waals surface area contributed by atoms with E-state index in [0.717, 1.165) is 19.6 Å². The van der Waals surface area contributed by atoms with Gasteiger partial charge in [0.25, 0.3) is 0 Å². The molecule has 0 aromatic rings. The molecule has 7 fully saturated rings. The molecule has 0 atom stereocenters. The Kier molecular flexibility index (Phi) is 1.86. The first-order valence-electron chi connectivity index (χ1n) is 6.48. The third kappa shape index (κ3) is 1.01. The minimum absolute atomic E-state index is 0. The van der Waals surface area contributed by atoms with Gasteiger partial charge in [0.15, 0.2) is 17.0 Å². The van der Waals surface area contributed by atoms with Gasteiger partial charge >= 0.3 is 6.96 Å². The smallest absolute Gasteiger partial charge is 0.531 e. The molecule has 9 nitrogen and oxygen atoms in total. The molecule has 7 rings (SSSR count). The van der Waals surface area contributed by atoms with Gasteiger partial charge < -0.3 is 29.7 Å². The van der Waals surface area contributed by atoms with Crippen LogP contribution in [0.4, 0.5) is 0 Å². The molecular formula is C9H19BN4O5. The maximum absolute atomic E-state index is 10.2. The third-order valence-corrected chi connectivity index (χ3v) is 5.10. The van der Waals surface area contributed by atoms with Gasteiger partial charge in [0.2, 0.25) is 0 Å². The minimum Gasteiger partial charge on any atom is -0.531 e. The van der Waals surface area contributed by atoms with E-state index >= 15 is 0 Å². The lowest BCUT2D eigenvalue weighted by Crippen LogP contribution is -3.29. The molecule has 0 aromatic carbocycles. The molecule has 4 N–H and O–H groups in total. The van der Waals surface area contributed by atoms with E-state index in [1.807, 2.05) is 15.2 Å². The van der Waals surface area contributed by atoms with Crippen molar-refractivity contribution in [2.45, 2.75) is 37.8 Å². The standard InChI is InChI=1S/C9H16BN4O4.H2O/c1-7-4-11-5-8(2)12(7)16-10(15)17-13(7)9(3,6-11)14(8)18-10;/h15H,4-6H2,1-3H3;1H2/q-1;/p+1. The molecule has 0 aliphatic carbocycles. The summed E-state index contributed by atoms with van der Waals surface area (Å²) in [5, 5.41) is 15.8. The second kappa shape index (κ2) is 2.84. The number of hydrogen-bond acceptors (Lipinski definition) is 7. The van der Waals surface area contributed by atoms with Crippen LogP contribution in [0.1, 0.15) is 20.8 Å². The molecule has 0 aromatic heterocycles. The van der Waals surface area contributed by atoms with E-state index in [9.17, 15) is 5.02 Å². The molecular weight excluding hydrogens is 255 g/mol. The average Bonchev–Trinajstić information content (AvgIpc) is 2.25. The van der Waals surface area contributed by atoms with Gasteiger partial charge in [0, 0.05) is 0 Å². The summed E-state index contributed by atoms with van der Waals surface area (Å²) in [6.45, 7) is 6.33. The van der Waals surface area contributed by atoms with Crippen LogP contribution in [0.15, 0.2) is 0 Å². The number of hydrogen-bond donors (Lipinski definition) is 2. The van der Waals surface area contributed by atoms with Crippen molar-refractivity contribution in [3.8, 4) is 0 Å². The highest BCUT2D eigenvalue weighted by Gasteiger charge is 2.81. The summed E-state index contributed by atoms with van der Waals surface area (Å²) in [7, 11) is 0. The molecule has 8 bridgehead atoms. The van der Waals surface area contributed by atoms with Crippen LogP contribution in [0.2, 0.25) is 0 Å². The summed E-state index contributed by atoms with van der Waals surface area (Å²) in [6.07, 6.45) is 0. The van der Waals surface area contributed by atoms with Crippen molar-refractivity contribution in [1.82, 2.24) is 15.2 Å². The molecule has 19 heavy (non-hydrogen) atoms. The van der Waals surface area contributed by atoms with Gasteiger partial charge in [-0.3, -0.25) is 0 Å². The molecule has 7 saturated heterocycles. The van der Waals surface area contributed by atoms with E-state index < -0.39 is 6.96 Å². The average molecular weight is 274 g/mol. The maximum Gasteiger partial charge on any atom is 0.577 e. The Morgan fingerprint density at radius 3 is 1.53 bits per heavy atom. The summed E-state index contributed by atoms with van der Waals surface area (Å²) in [4.78, 5) is 1.52. The topological polar surface area (TPSA) is 93.6 Å². The van der Waals surface area contributed by atoms with Crippen molar-refractivity contribution in [2.24, 2.45) is 0 Å². The van der Waals surface area contributed by atoms with Crippen molar-refractivity contribution in [1.29, 1.82) is 0 Å². The quantitative estimate of drug-likeness (QED) is 0.441. The minimum atomic E-state index is -2.70. The molecule has 10 heteroatoms. The van der Waals surface area contributed by atoms with Gasteiger partial charge in [-0.1, -0.05) is 0 Å². The number of piperazine rings is 3. The van der Waals surface area contributed by atoms with Crippen LogP contribution in [-0.4, -0.2) is 69.3 Å². The van der Waals surface area contributed by atoms with E-state index in [-0.39, 0.29) is 22.5 Å². The van der Waals surface area contributed by atoms with E-state index in [0.29, 0.717) is 0 Å². The Balaban J connectivity index is 0.000000968. The fourth-order valence-corrected chi connectivity index (χ4v) is 4.98. The molecule has 108 valence electrons. The number of hydroxylamine groups is 6. The van der Waals surface area contributed by atoms with Crippen molar-refractivity contribution < 1.29 is 29.7 Å². The van der Waals surface area contributed by atoms with Crippen LogP contribution in [0.5, 0.6) is 0 Å². The summed E-state index contributed by atoms with van der Waals surface area (Å²) >= 11 is 0. The van der Waals surface area contributed by atoms with Crippen LogP contribution in [0.3, 0.4) is 0 Å². The normalized spacial score (nSPS) is 71.4. The molecule has 0 spiro atoms. The van der Waals surface area contributed by atoms with Crippen LogP contribution >= 0.6 is 0 Å². The summed E-state index contributed by atoms with van der Waals surface area (Å²) < 4.78 is 16.8. The molecule has 7 aliphatic heterocycles. The van der Waals surface area contributed by atoms with E-state index in [1.54, 1.807) is 0 Å². The number of nitrogens with one attached hydrogen (secondary N) is 1. The summed E-state index contributed by atoms with van der Waals surface area (Å²) in [6, 6.07) is 0. The predicted octanol–water partition coefficient (Wildman–Crippen LogP) is -3.61. The highest BCUT2D eigenvalue weighted by atomic mass is 17.0.